The third kappa shape index (κ3) is 4.01. The van der Waals surface area contributed by atoms with E-state index in [2.05, 4.69) is 4.90 Å². The van der Waals surface area contributed by atoms with E-state index >= 15 is 0 Å². The summed E-state index contributed by atoms with van der Waals surface area (Å²) in [7, 11) is 3.62. The molecule has 1 aromatic carbocycles. The van der Waals surface area contributed by atoms with Crippen molar-refractivity contribution in [1.82, 2.24) is 4.90 Å². The van der Waals surface area contributed by atoms with Gasteiger partial charge in [0.15, 0.2) is 0 Å². The maximum atomic E-state index is 11.2. The van der Waals surface area contributed by atoms with E-state index in [0.717, 1.165) is 18.5 Å². The average molecular weight is 252 g/mol. The van der Waals surface area contributed by atoms with Crippen molar-refractivity contribution in [3.8, 4) is 0 Å². The van der Waals surface area contributed by atoms with Crippen LogP contribution in [0.1, 0.15) is 22.3 Å². The molecule has 0 heterocycles. The predicted molar refractivity (Wildman–Crippen MR) is 70.6 cm³/mol. The van der Waals surface area contributed by atoms with Gasteiger partial charge in [-0.3, -0.25) is 0 Å². The Morgan fingerprint density at radius 2 is 2.22 bits per heavy atom. The van der Waals surface area contributed by atoms with Gasteiger partial charge in [-0.2, -0.15) is 0 Å². The van der Waals surface area contributed by atoms with Crippen LogP contribution >= 0.6 is 0 Å². The lowest BCUT2D eigenvalue weighted by Crippen LogP contribution is -2.22. The Balaban J connectivity index is 2.72. The Bertz CT molecular complexity index is 407. The van der Waals surface area contributed by atoms with E-state index in [4.69, 9.17) is 15.6 Å². The zero-order valence-corrected chi connectivity index (χ0v) is 10.8. The second-order valence-corrected chi connectivity index (χ2v) is 4.27. The number of nitrogen functional groups attached to an aromatic ring is 1. The number of benzene rings is 1. The molecule has 100 valence electrons. The number of carbonyl (C=O) groups is 1. The van der Waals surface area contributed by atoms with Gasteiger partial charge in [-0.1, -0.05) is 12.1 Å². The molecule has 0 atom stereocenters. The smallest absolute Gasteiger partial charge is 0.338 e. The number of hydrogen-bond acceptors (Lipinski definition) is 4. The van der Waals surface area contributed by atoms with Crippen molar-refractivity contribution < 1.29 is 14.6 Å². The van der Waals surface area contributed by atoms with Gasteiger partial charge >= 0.3 is 5.97 Å². The van der Waals surface area contributed by atoms with Gasteiger partial charge in [-0.15, -0.1) is 0 Å². The summed E-state index contributed by atoms with van der Waals surface area (Å²) < 4.78 is 4.98. The van der Waals surface area contributed by atoms with Crippen LogP contribution in [-0.2, 0) is 11.3 Å². The van der Waals surface area contributed by atoms with E-state index in [1.54, 1.807) is 25.3 Å². The number of nitrogens with zero attached hydrogens (tertiary/aromatic N) is 1. The fourth-order valence-corrected chi connectivity index (χ4v) is 1.86. The zero-order valence-electron chi connectivity index (χ0n) is 10.8. The number of hydrogen-bond donors (Lipinski definition) is 2. The average Bonchev–Trinajstić information content (AvgIpc) is 2.28. The molecule has 3 N–H and O–H groups in total. The number of rotatable bonds is 7. The lowest BCUT2D eigenvalue weighted by molar-refractivity contribution is 0.0696. The summed E-state index contributed by atoms with van der Waals surface area (Å²) in [5.41, 5.74) is 6.95. The molecule has 0 unspecified atom stereocenters. The number of anilines is 1. The molecule has 0 saturated carbocycles. The van der Waals surface area contributed by atoms with Gasteiger partial charge in [-0.25, -0.2) is 4.79 Å². The van der Waals surface area contributed by atoms with Crippen LogP contribution in [0.2, 0.25) is 0 Å². The topological polar surface area (TPSA) is 75.8 Å². The second kappa shape index (κ2) is 6.98. The van der Waals surface area contributed by atoms with Crippen molar-refractivity contribution in [2.75, 3.05) is 33.0 Å². The van der Waals surface area contributed by atoms with E-state index in [-0.39, 0.29) is 5.56 Å². The molecular weight excluding hydrogens is 232 g/mol. The number of methoxy groups -OCH3 is 1. The van der Waals surface area contributed by atoms with Gasteiger partial charge in [0.05, 0.1) is 5.56 Å². The van der Waals surface area contributed by atoms with Crippen molar-refractivity contribution in [3.63, 3.8) is 0 Å². The molecule has 0 aromatic heterocycles. The van der Waals surface area contributed by atoms with E-state index in [1.165, 1.54) is 0 Å². The van der Waals surface area contributed by atoms with Gasteiger partial charge in [-0.05, 0) is 25.1 Å². The highest BCUT2D eigenvalue weighted by molar-refractivity contribution is 5.95. The van der Waals surface area contributed by atoms with Crippen molar-refractivity contribution in [3.05, 3.63) is 29.3 Å². The van der Waals surface area contributed by atoms with Crippen molar-refractivity contribution in [1.29, 1.82) is 0 Å². The van der Waals surface area contributed by atoms with Gasteiger partial charge in [0.1, 0.15) is 0 Å². The van der Waals surface area contributed by atoms with Gasteiger partial charge < -0.3 is 20.5 Å². The van der Waals surface area contributed by atoms with Crippen LogP contribution in [0.5, 0.6) is 0 Å². The molecule has 0 amide bonds. The molecule has 1 rings (SSSR count). The van der Waals surface area contributed by atoms with Crippen LogP contribution in [-0.4, -0.2) is 43.3 Å². The van der Waals surface area contributed by atoms with Crippen LogP contribution in [0.4, 0.5) is 5.69 Å². The fourth-order valence-electron chi connectivity index (χ4n) is 1.86. The molecule has 0 spiro atoms. The first-order valence-electron chi connectivity index (χ1n) is 5.84. The minimum absolute atomic E-state index is 0.205. The molecule has 5 nitrogen and oxygen atoms in total. The van der Waals surface area contributed by atoms with E-state index in [0.29, 0.717) is 18.8 Å². The maximum Gasteiger partial charge on any atom is 0.338 e. The van der Waals surface area contributed by atoms with Crippen LogP contribution < -0.4 is 5.73 Å². The summed E-state index contributed by atoms with van der Waals surface area (Å²) in [6.07, 6.45) is 0.914. The minimum atomic E-state index is -0.978. The Morgan fingerprint density at radius 1 is 1.50 bits per heavy atom. The van der Waals surface area contributed by atoms with E-state index in [1.807, 2.05) is 7.05 Å². The highest BCUT2D eigenvalue weighted by atomic mass is 16.5. The van der Waals surface area contributed by atoms with Crippen molar-refractivity contribution in [2.24, 2.45) is 0 Å². The van der Waals surface area contributed by atoms with Crippen molar-refractivity contribution in [2.45, 2.75) is 13.0 Å². The largest absolute Gasteiger partial charge is 0.478 e. The summed E-state index contributed by atoms with van der Waals surface area (Å²) in [6.45, 7) is 2.12. The van der Waals surface area contributed by atoms with Gasteiger partial charge in [0, 0.05) is 32.5 Å². The molecule has 0 aliphatic heterocycles. The fraction of sp³-hybridized carbons (Fsp3) is 0.462. The third-order valence-electron chi connectivity index (χ3n) is 2.73. The number of carboxylic acid groups (broad SMARTS) is 1. The van der Waals surface area contributed by atoms with Crippen LogP contribution in [0.15, 0.2) is 18.2 Å². The first-order chi connectivity index (χ1) is 8.56. The van der Waals surface area contributed by atoms with Crippen molar-refractivity contribution >= 4 is 11.7 Å². The molecule has 0 bridgehead atoms. The number of ether oxygens (including phenoxy) is 1. The number of aromatic carboxylic acids is 1. The molecule has 0 aliphatic rings. The Hall–Kier alpha value is -1.59. The molecule has 0 radical (unpaired) electrons. The number of nitrogens with two attached hydrogens (primary N) is 1. The lowest BCUT2D eigenvalue weighted by atomic mass is 10.1. The summed E-state index contributed by atoms with van der Waals surface area (Å²) in [5.74, 6) is -0.978. The summed E-state index contributed by atoms with van der Waals surface area (Å²) >= 11 is 0. The second-order valence-electron chi connectivity index (χ2n) is 4.27. The molecular formula is C13H20N2O3. The number of carboxylic acids is 1. The standard InChI is InChI=1S/C13H20N2O3/c1-15(7-4-8-18-2)9-10-5-3-6-11(14)12(10)13(16)17/h3,5-6H,4,7-9,14H2,1-2H3,(H,16,17). The summed E-state index contributed by atoms with van der Waals surface area (Å²) in [6, 6.07) is 5.19. The van der Waals surface area contributed by atoms with E-state index in [9.17, 15) is 4.79 Å². The SMILES string of the molecule is COCCCN(C)Cc1cccc(N)c1C(=O)O. The predicted octanol–water partition coefficient (Wildman–Crippen LogP) is 1.44. The molecule has 0 saturated heterocycles. The van der Waals surface area contributed by atoms with E-state index < -0.39 is 5.97 Å². The first kappa shape index (κ1) is 14.5. The Morgan fingerprint density at radius 3 is 2.83 bits per heavy atom. The molecule has 18 heavy (non-hydrogen) atoms. The highest BCUT2D eigenvalue weighted by Gasteiger charge is 2.14. The minimum Gasteiger partial charge on any atom is -0.478 e. The monoisotopic (exact) mass is 252 g/mol. The first-order valence-corrected chi connectivity index (χ1v) is 5.84. The lowest BCUT2D eigenvalue weighted by Gasteiger charge is -2.18. The quantitative estimate of drug-likeness (QED) is 0.567. The molecule has 5 heteroatoms. The summed E-state index contributed by atoms with van der Waals surface area (Å²) in [4.78, 5) is 13.2. The van der Waals surface area contributed by atoms with Crippen LogP contribution in [0, 0.1) is 0 Å². The van der Waals surface area contributed by atoms with Gasteiger partial charge in [0.25, 0.3) is 0 Å². The highest BCUT2D eigenvalue weighted by Crippen LogP contribution is 2.18. The maximum absolute atomic E-state index is 11.2. The normalized spacial score (nSPS) is 10.8. The third-order valence-corrected chi connectivity index (χ3v) is 2.73. The van der Waals surface area contributed by atoms with Gasteiger partial charge in [0.2, 0.25) is 0 Å². The van der Waals surface area contributed by atoms with Crippen LogP contribution in [0.25, 0.3) is 0 Å². The molecule has 0 fully saturated rings. The summed E-state index contributed by atoms with van der Waals surface area (Å²) in [5, 5.41) is 9.15. The van der Waals surface area contributed by atoms with Crippen LogP contribution in [0.3, 0.4) is 0 Å². The Labute approximate surface area is 107 Å². The molecule has 0 aliphatic carbocycles. The Kier molecular flexibility index (Phi) is 5.61. The zero-order chi connectivity index (χ0) is 13.5. The molecule has 1 aromatic rings.